The van der Waals surface area contributed by atoms with E-state index in [1.807, 2.05) is 66.7 Å². The number of amides is 2. The third-order valence-electron chi connectivity index (χ3n) is 6.10. The Morgan fingerprint density at radius 3 is 2.05 bits per heavy atom. The quantitative estimate of drug-likeness (QED) is 0.250. The number of alkyl halides is 3. The molecule has 0 heterocycles. The van der Waals surface area contributed by atoms with E-state index < -0.39 is 17.8 Å². The number of carbonyl (C=O) groups is 2. The van der Waals surface area contributed by atoms with Gasteiger partial charge in [-0.3, -0.25) is 4.79 Å². The molecule has 5 nitrogen and oxygen atoms in total. The minimum Gasteiger partial charge on any atom is -0.445 e. The second-order valence-electron chi connectivity index (χ2n) is 8.82. The Morgan fingerprint density at radius 1 is 0.692 bits per heavy atom. The molecule has 2 N–H and O–H groups in total. The molecule has 2 amide bonds. The van der Waals surface area contributed by atoms with E-state index in [0.717, 1.165) is 34.4 Å². The van der Waals surface area contributed by atoms with Gasteiger partial charge in [0.1, 0.15) is 6.61 Å². The number of alkyl carbamates (subject to hydrolysis) is 1. The Balaban J connectivity index is 1.37. The van der Waals surface area contributed by atoms with Gasteiger partial charge in [0.25, 0.3) is 5.91 Å². The molecule has 0 atom stereocenters. The molecule has 4 aromatic carbocycles. The van der Waals surface area contributed by atoms with Crippen LogP contribution in [0.15, 0.2) is 103 Å². The summed E-state index contributed by atoms with van der Waals surface area (Å²) in [7, 11) is 0. The Kier molecular flexibility index (Phi) is 8.99. The Hall–Kier alpha value is -4.59. The topological polar surface area (TPSA) is 67.4 Å². The number of benzene rings is 4. The molecule has 0 spiro atoms. The lowest BCUT2D eigenvalue weighted by Crippen LogP contribution is -2.26. The van der Waals surface area contributed by atoms with Crippen LogP contribution in [0, 0.1) is 0 Å². The highest BCUT2D eigenvalue weighted by atomic mass is 19.4. The summed E-state index contributed by atoms with van der Waals surface area (Å²) in [6.45, 7) is 0.453. The van der Waals surface area contributed by atoms with Gasteiger partial charge in [0.05, 0.1) is 5.56 Å². The number of ether oxygens (including phenoxy) is 1. The minimum atomic E-state index is -4.42. The molecular weight excluding hydrogens is 505 g/mol. The van der Waals surface area contributed by atoms with Crippen molar-refractivity contribution in [2.24, 2.45) is 0 Å². The fraction of sp³-hybridized carbons (Fsp3) is 0.161. The Bertz CT molecular complexity index is 1400. The predicted octanol–water partition coefficient (Wildman–Crippen LogP) is 6.77. The predicted molar refractivity (Wildman–Crippen MR) is 143 cm³/mol. The molecule has 0 saturated carbocycles. The summed E-state index contributed by atoms with van der Waals surface area (Å²) < 4.78 is 43.3. The van der Waals surface area contributed by atoms with Gasteiger partial charge in [0.15, 0.2) is 0 Å². The van der Waals surface area contributed by atoms with E-state index in [1.54, 1.807) is 12.1 Å². The highest BCUT2D eigenvalue weighted by Crippen LogP contribution is 2.29. The average molecular weight is 533 g/mol. The number of nitrogens with one attached hydrogen (secondary N) is 2. The van der Waals surface area contributed by atoms with Crippen LogP contribution >= 0.6 is 0 Å². The fourth-order valence-electron chi connectivity index (χ4n) is 4.07. The molecule has 4 rings (SSSR count). The number of hydrogen-bond acceptors (Lipinski definition) is 3. The van der Waals surface area contributed by atoms with Crippen molar-refractivity contribution in [3.8, 4) is 11.1 Å². The third-order valence-corrected chi connectivity index (χ3v) is 6.10. The summed E-state index contributed by atoms with van der Waals surface area (Å²) in [6, 6.07) is 29.0. The standard InChI is InChI=1S/C31H27F3N2O3/c32-31(33,34)25-16-14-23(15-17-25)21-39-30(38)36-20-24-10-4-5-11-26(24)27-12-6-7-13-28(27)29(37)35-19-18-22-8-2-1-3-9-22/h1-17H,18-21H2,(H,35,37)(H,36,38). The van der Waals surface area contributed by atoms with Crippen LogP contribution < -0.4 is 10.6 Å². The monoisotopic (exact) mass is 532 g/mol. The zero-order chi connectivity index (χ0) is 27.7. The molecule has 0 aromatic heterocycles. The van der Waals surface area contributed by atoms with E-state index in [2.05, 4.69) is 10.6 Å². The molecular formula is C31H27F3N2O3. The molecule has 39 heavy (non-hydrogen) atoms. The molecule has 0 aliphatic rings. The Labute approximate surface area is 224 Å². The zero-order valence-corrected chi connectivity index (χ0v) is 21.0. The lowest BCUT2D eigenvalue weighted by atomic mass is 9.95. The first-order valence-corrected chi connectivity index (χ1v) is 12.4. The summed E-state index contributed by atoms with van der Waals surface area (Å²) in [5.74, 6) is -0.194. The van der Waals surface area contributed by atoms with E-state index in [4.69, 9.17) is 4.74 Å². The highest BCUT2D eigenvalue weighted by Gasteiger charge is 2.29. The summed E-state index contributed by atoms with van der Waals surface area (Å²) >= 11 is 0. The Morgan fingerprint density at radius 2 is 1.33 bits per heavy atom. The average Bonchev–Trinajstić information content (AvgIpc) is 2.95. The van der Waals surface area contributed by atoms with Crippen LogP contribution in [0.1, 0.15) is 32.6 Å². The smallest absolute Gasteiger partial charge is 0.416 e. The van der Waals surface area contributed by atoms with E-state index in [0.29, 0.717) is 24.1 Å². The van der Waals surface area contributed by atoms with Crippen LogP contribution in [-0.2, 0) is 30.5 Å². The van der Waals surface area contributed by atoms with Gasteiger partial charge in [0, 0.05) is 18.7 Å². The highest BCUT2D eigenvalue weighted by molar-refractivity contribution is 6.01. The van der Waals surface area contributed by atoms with Crippen molar-refractivity contribution in [2.45, 2.75) is 25.7 Å². The van der Waals surface area contributed by atoms with Gasteiger partial charge in [-0.25, -0.2) is 4.79 Å². The summed E-state index contributed by atoms with van der Waals surface area (Å²) in [5.41, 5.74) is 3.60. The molecule has 4 aromatic rings. The first-order chi connectivity index (χ1) is 18.8. The molecule has 0 unspecified atom stereocenters. The minimum absolute atomic E-state index is 0.131. The molecule has 0 bridgehead atoms. The van der Waals surface area contributed by atoms with Crippen LogP contribution in [-0.4, -0.2) is 18.5 Å². The number of rotatable bonds is 9. The maximum Gasteiger partial charge on any atom is 0.416 e. The molecule has 200 valence electrons. The van der Waals surface area contributed by atoms with Gasteiger partial charge >= 0.3 is 12.3 Å². The lowest BCUT2D eigenvalue weighted by Gasteiger charge is -2.15. The first kappa shape index (κ1) is 27.4. The molecule has 0 fully saturated rings. The zero-order valence-electron chi connectivity index (χ0n) is 21.0. The lowest BCUT2D eigenvalue weighted by molar-refractivity contribution is -0.137. The number of carbonyl (C=O) groups excluding carboxylic acids is 2. The molecule has 0 saturated heterocycles. The number of halogens is 3. The maximum absolute atomic E-state index is 13.0. The van der Waals surface area contributed by atoms with Crippen molar-refractivity contribution in [1.82, 2.24) is 10.6 Å². The summed E-state index contributed by atoms with van der Waals surface area (Å²) in [4.78, 5) is 25.3. The van der Waals surface area contributed by atoms with Gasteiger partial charge in [-0.05, 0) is 52.4 Å². The normalized spacial score (nSPS) is 11.1. The number of hydrogen-bond donors (Lipinski definition) is 2. The fourth-order valence-corrected chi connectivity index (χ4v) is 4.07. The van der Waals surface area contributed by atoms with E-state index in [1.165, 1.54) is 12.1 Å². The van der Waals surface area contributed by atoms with Crippen LogP contribution in [0.5, 0.6) is 0 Å². The SMILES string of the molecule is O=C(NCc1ccccc1-c1ccccc1C(=O)NCCc1ccccc1)OCc1ccc(C(F)(F)F)cc1. The maximum atomic E-state index is 13.0. The molecule has 0 radical (unpaired) electrons. The van der Waals surface area contributed by atoms with Crippen LogP contribution in [0.4, 0.5) is 18.0 Å². The molecule has 0 aliphatic carbocycles. The van der Waals surface area contributed by atoms with E-state index >= 15 is 0 Å². The second kappa shape index (κ2) is 12.8. The van der Waals surface area contributed by atoms with Crippen LogP contribution in [0.25, 0.3) is 11.1 Å². The van der Waals surface area contributed by atoms with Crippen molar-refractivity contribution >= 4 is 12.0 Å². The van der Waals surface area contributed by atoms with Crippen molar-refractivity contribution in [1.29, 1.82) is 0 Å². The van der Waals surface area contributed by atoms with Gasteiger partial charge in [-0.1, -0.05) is 84.9 Å². The van der Waals surface area contributed by atoms with Gasteiger partial charge in [-0.2, -0.15) is 13.2 Å². The van der Waals surface area contributed by atoms with E-state index in [-0.39, 0.29) is 19.1 Å². The first-order valence-electron chi connectivity index (χ1n) is 12.4. The molecule has 8 heteroatoms. The van der Waals surface area contributed by atoms with Crippen molar-refractivity contribution in [3.63, 3.8) is 0 Å². The molecule has 0 aliphatic heterocycles. The van der Waals surface area contributed by atoms with Gasteiger partial charge in [-0.15, -0.1) is 0 Å². The van der Waals surface area contributed by atoms with Crippen LogP contribution in [0.2, 0.25) is 0 Å². The van der Waals surface area contributed by atoms with Crippen LogP contribution in [0.3, 0.4) is 0 Å². The summed E-state index contributed by atoms with van der Waals surface area (Å²) in [6.07, 6.45) is -4.42. The van der Waals surface area contributed by atoms with E-state index in [9.17, 15) is 22.8 Å². The largest absolute Gasteiger partial charge is 0.445 e. The third kappa shape index (κ3) is 7.70. The second-order valence-corrected chi connectivity index (χ2v) is 8.82. The van der Waals surface area contributed by atoms with Crippen molar-refractivity contribution in [2.75, 3.05) is 6.54 Å². The van der Waals surface area contributed by atoms with Crippen molar-refractivity contribution in [3.05, 3.63) is 131 Å². The van der Waals surface area contributed by atoms with Gasteiger partial charge in [0.2, 0.25) is 0 Å². The van der Waals surface area contributed by atoms with Crippen molar-refractivity contribution < 1.29 is 27.5 Å². The summed E-state index contributed by atoms with van der Waals surface area (Å²) in [5, 5.41) is 5.65. The van der Waals surface area contributed by atoms with Gasteiger partial charge < -0.3 is 15.4 Å².